The van der Waals surface area contributed by atoms with E-state index in [4.69, 9.17) is 10.8 Å². The number of pyridine rings is 1. The van der Waals surface area contributed by atoms with Crippen LogP contribution in [0.1, 0.15) is 18.9 Å². The van der Waals surface area contributed by atoms with Gasteiger partial charge in [-0.3, -0.25) is 9.78 Å². The van der Waals surface area contributed by atoms with Gasteiger partial charge in [-0.1, -0.05) is 6.92 Å². The lowest BCUT2D eigenvalue weighted by atomic mass is 9.94. The van der Waals surface area contributed by atoms with Crippen LogP contribution in [0.2, 0.25) is 0 Å². The first kappa shape index (κ1) is 20.3. The van der Waals surface area contributed by atoms with Gasteiger partial charge in [0.05, 0.1) is 17.7 Å². The Balaban J connectivity index is 1.92. The lowest BCUT2D eigenvalue weighted by Crippen LogP contribution is -2.54. The van der Waals surface area contributed by atoms with E-state index in [2.05, 4.69) is 10.3 Å². The number of anilines is 1. The smallest absolute Gasteiger partial charge is 0.394 e. The second-order valence-corrected chi connectivity index (χ2v) is 7.27. The molecular weight excluding hydrogens is 373 g/mol. The number of nitrogens with one attached hydrogen (secondary N) is 1. The van der Waals surface area contributed by atoms with Gasteiger partial charge < -0.3 is 21.1 Å². The average molecular weight is 396 g/mol. The van der Waals surface area contributed by atoms with Crippen LogP contribution in [0.25, 0.3) is 10.9 Å². The van der Waals surface area contributed by atoms with Crippen molar-refractivity contribution >= 4 is 22.5 Å². The molecule has 3 rings (SSSR count). The first-order chi connectivity index (χ1) is 13.2. The second-order valence-electron chi connectivity index (χ2n) is 7.27. The molecule has 2 heterocycles. The summed E-state index contributed by atoms with van der Waals surface area (Å²) >= 11 is 0. The maximum absolute atomic E-state index is 13.3. The molecule has 3 atom stereocenters. The maximum Gasteiger partial charge on any atom is 0.418 e. The molecule has 28 heavy (non-hydrogen) atoms. The highest BCUT2D eigenvalue weighted by atomic mass is 19.4. The van der Waals surface area contributed by atoms with Crippen LogP contribution >= 0.6 is 0 Å². The van der Waals surface area contributed by atoms with E-state index in [1.165, 1.54) is 12.3 Å². The number of aliphatic hydroxyl groups is 1. The number of aromatic nitrogens is 1. The number of amides is 1. The minimum Gasteiger partial charge on any atom is -0.394 e. The van der Waals surface area contributed by atoms with Crippen LogP contribution in [0.3, 0.4) is 0 Å². The highest BCUT2D eigenvalue weighted by Crippen LogP contribution is 2.38. The van der Waals surface area contributed by atoms with Gasteiger partial charge in [-0.15, -0.1) is 0 Å². The molecule has 2 unspecified atom stereocenters. The number of hydrogen-bond donors (Lipinski definition) is 3. The summed E-state index contributed by atoms with van der Waals surface area (Å²) in [5.74, 6) is -0.237. The number of carbonyl (C=O) groups excluding carboxylic acids is 1. The molecule has 0 spiro atoms. The van der Waals surface area contributed by atoms with E-state index in [1.54, 1.807) is 12.1 Å². The number of fused-ring (bicyclic) bond motifs is 1. The number of benzene rings is 1. The van der Waals surface area contributed by atoms with Crippen molar-refractivity contribution in [2.24, 2.45) is 11.7 Å². The van der Waals surface area contributed by atoms with Gasteiger partial charge in [-0.05, 0) is 36.6 Å². The molecule has 9 heteroatoms. The zero-order valence-electron chi connectivity index (χ0n) is 15.4. The quantitative estimate of drug-likeness (QED) is 0.734. The SMILES string of the molecule is C[C@H]1CC(NC(=O)C(N)CO)CN(c2ccc(C(F)(F)F)c3ncccc23)C1. The number of alkyl halides is 3. The first-order valence-electron chi connectivity index (χ1n) is 9.07. The van der Waals surface area contributed by atoms with Gasteiger partial charge in [0.15, 0.2) is 0 Å². The molecule has 1 aliphatic heterocycles. The summed E-state index contributed by atoms with van der Waals surface area (Å²) in [5.41, 5.74) is 5.34. The van der Waals surface area contributed by atoms with Gasteiger partial charge in [-0.25, -0.2) is 0 Å². The number of nitrogens with two attached hydrogens (primary N) is 1. The summed E-state index contributed by atoms with van der Waals surface area (Å²) in [6.45, 7) is 2.65. The second kappa shape index (κ2) is 7.92. The van der Waals surface area contributed by atoms with E-state index in [9.17, 15) is 18.0 Å². The highest BCUT2D eigenvalue weighted by Gasteiger charge is 2.35. The maximum atomic E-state index is 13.3. The lowest BCUT2D eigenvalue weighted by Gasteiger charge is -2.39. The molecule has 0 bridgehead atoms. The summed E-state index contributed by atoms with van der Waals surface area (Å²) in [6.07, 6.45) is -2.42. The number of piperidine rings is 1. The van der Waals surface area contributed by atoms with E-state index >= 15 is 0 Å². The predicted molar refractivity (Wildman–Crippen MR) is 99.7 cm³/mol. The van der Waals surface area contributed by atoms with Gasteiger partial charge in [0.1, 0.15) is 6.04 Å². The Morgan fingerprint density at radius 1 is 1.39 bits per heavy atom. The molecule has 0 saturated carbocycles. The molecule has 1 aliphatic rings. The monoisotopic (exact) mass is 396 g/mol. The Morgan fingerprint density at radius 2 is 2.14 bits per heavy atom. The molecule has 2 aromatic rings. The third-order valence-electron chi connectivity index (χ3n) is 4.93. The van der Waals surface area contributed by atoms with Crippen LogP contribution in [-0.4, -0.2) is 47.8 Å². The molecule has 1 aromatic carbocycles. The normalized spacial score (nSPS) is 21.6. The van der Waals surface area contributed by atoms with Crippen molar-refractivity contribution in [2.75, 3.05) is 24.6 Å². The molecule has 1 aromatic heterocycles. The Morgan fingerprint density at radius 3 is 2.82 bits per heavy atom. The van der Waals surface area contributed by atoms with Crippen LogP contribution in [0.15, 0.2) is 30.5 Å². The Kier molecular flexibility index (Phi) is 5.76. The Labute approximate surface area is 160 Å². The van der Waals surface area contributed by atoms with E-state index in [0.29, 0.717) is 24.2 Å². The largest absolute Gasteiger partial charge is 0.418 e. The van der Waals surface area contributed by atoms with E-state index < -0.39 is 30.3 Å². The topological polar surface area (TPSA) is 91.5 Å². The summed E-state index contributed by atoms with van der Waals surface area (Å²) in [7, 11) is 0. The molecule has 1 fully saturated rings. The molecule has 1 saturated heterocycles. The fourth-order valence-corrected chi connectivity index (χ4v) is 3.71. The molecule has 0 aliphatic carbocycles. The number of rotatable bonds is 4. The zero-order valence-corrected chi connectivity index (χ0v) is 15.4. The van der Waals surface area contributed by atoms with E-state index in [-0.39, 0.29) is 17.5 Å². The molecule has 0 radical (unpaired) electrons. The molecule has 4 N–H and O–H groups in total. The van der Waals surface area contributed by atoms with Crippen LogP contribution in [0.5, 0.6) is 0 Å². The van der Waals surface area contributed by atoms with Crippen molar-refractivity contribution in [1.29, 1.82) is 0 Å². The summed E-state index contributed by atoms with van der Waals surface area (Å²) < 4.78 is 40.0. The average Bonchev–Trinajstić information content (AvgIpc) is 2.65. The van der Waals surface area contributed by atoms with Crippen molar-refractivity contribution in [2.45, 2.75) is 31.6 Å². The molecular formula is C19H23F3N4O2. The van der Waals surface area contributed by atoms with Gasteiger partial charge in [0.25, 0.3) is 0 Å². The summed E-state index contributed by atoms with van der Waals surface area (Å²) in [5, 5.41) is 12.3. The van der Waals surface area contributed by atoms with Crippen LogP contribution in [-0.2, 0) is 11.0 Å². The van der Waals surface area contributed by atoms with Crippen molar-refractivity contribution in [3.63, 3.8) is 0 Å². The Hall–Kier alpha value is -2.39. The third kappa shape index (κ3) is 4.20. The van der Waals surface area contributed by atoms with Crippen LogP contribution in [0, 0.1) is 5.92 Å². The number of aliphatic hydroxyl groups excluding tert-OH is 1. The minimum atomic E-state index is -4.49. The van der Waals surface area contributed by atoms with E-state index in [1.807, 2.05) is 11.8 Å². The highest BCUT2D eigenvalue weighted by molar-refractivity contribution is 5.94. The summed E-state index contributed by atoms with van der Waals surface area (Å²) in [4.78, 5) is 17.9. The number of halogens is 3. The fraction of sp³-hybridized carbons (Fsp3) is 0.474. The van der Waals surface area contributed by atoms with Gasteiger partial charge >= 0.3 is 6.18 Å². The molecule has 6 nitrogen and oxygen atoms in total. The van der Waals surface area contributed by atoms with Crippen molar-refractivity contribution in [3.8, 4) is 0 Å². The number of nitrogens with zero attached hydrogens (tertiary/aromatic N) is 2. The lowest BCUT2D eigenvalue weighted by molar-refractivity contribution is -0.136. The number of hydrogen-bond acceptors (Lipinski definition) is 5. The van der Waals surface area contributed by atoms with Crippen molar-refractivity contribution in [1.82, 2.24) is 10.3 Å². The van der Waals surface area contributed by atoms with E-state index in [0.717, 1.165) is 12.5 Å². The van der Waals surface area contributed by atoms with Gasteiger partial charge in [-0.2, -0.15) is 13.2 Å². The van der Waals surface area contributed by atoms with Crippen LogP contribution in [0.4, 0.5) is 18.9 Å². The van der Waals surface area contributed by atoms with Crippen molar-refractivity contribution in [3.05, 3.63) is 36.0 Å². The predicted octanol–water partition coefficient (Wildman–Crippen LogP) is 1.90. The number of carbonyl (C=O) groups is 1. The molecule has 1 amide bonds. The van der Waals surface area contributed by atoms with Crippen LogP contribution < -0.4 is 16.0 Å². The standard InChI is InChI=1S/C19H23F3N4O2/c1-11-7-12(25-18(28)15(23)10-27)9-26(8-11)16-5-4-14(19(20,21)22)17-13(16)3-2-6-24-17/h2-6,11-12,15,27H,7-10,23H2,1H3,(H,25,28)/t11-,12?,15?/m0/s1. The molecule has 152 valence electrons. The summed E-state index contributed by atoms with van der Waals surface area (Å²) in [6, 6.07) is 4.53. The zero-order chi connectivity index (χ0) is 20.5. The van der Waals surface area contributed by atoms with Crippen molar-refractivity contribution < 1.29 is 23.1 Å². The third-order valence-corrected chi connectivity index (χ3v) is 4.93. The first-order valence-corrected chi connectivity index (χ1v) is 9.07. The fourth-order valence-electron chi connectivity index (χ4n) is 3.71. The Bertz CT molecular complexity index is 859. The van der Waals surface area contributed by atoms with Gasteiger partial charge in [0, 0.05) is 36.4 Å². The van der Waals surface area contributed by atoms with Gasteiger partial charge in [0.2, 0.25) is 5.91 Å². The minimum absolute atomic E-state index is 0.0892.